The van der Waals surface area contributed by atoms with E-state index in [1.165, 1.54) is 11.3 Å². The van der Waals surface area contributed by atoms with Gasteiger partial charge in [0.1, 0.15) is 0 Å². The molecule has 0 saturated heterocycles. The number of fused-ring (bicyclic) bond motifs is 1. The zero-order chi connectivity index (χ0) is 14.1. The van der Waals surface area contributed by atoms with Crippen molar-refractivity contribution >= 4 is 33.8 Å². The molecule has 3 aromatic rings. The molecule has 1 atom stereocenters. The monoisotopic (exact) mass is 303 g/mol. The number of pyridine rings is 1. The van der Waals surface area contributed by atoms with E-state index in [9.17, 15) is 5.11 Å². The van der Waals surface area contributed by atoms with Gasteiger partial charge in [-0.05, 0) is 42.8 Å². The quantitative estimate of drug-likeness (QED) is 0.771. The van der Waals surface area contributed by atoms with Gasteiger partial charge in [-0.25, -0.2) is 0 Å². The number of hydrogen-bond donors (Lipinski definition) is 1. The van der Waals surface area contributed by atoms with E-state index in [1.807, 2.05) is 49.4 Å². The summed E-state index contributed by atoms with van der Waals surface area (Å²) in [5.74, 6) is 0. The number of hydrogen-bond acceptors (Lipinski definition) is 3. The minimum absolute atomic E-state index is 0.518. The summed E-state index contributed by atoms with van der Waals surface area (Å²) >= 11 is 7.42. The highest BCUT2D eigenvalue weighted by atomic mass is 35.5. The van der Waals surface area contributed by atoms with Crippen molar-refractivity contribution in [3.8, 4) is 0 Å². The molecule has 0 aliphatic carbocycles. The summed E-state index contributed by atoms with van der Waals surface area (Å²) in [5, 5.41) is 11.4. The molecule has 1 unspecified atom stereocenters. The lowest BCUT2D eigenvalue weighted by Crippen LogP contribution is -2.00. The zero-order valence-electron chi connectivity index (χ0n) is 11.0. The third kappa shape index (κ3) is 2.85. The molecule has 2 nitrogen and oxygen atoms in total. The molecular formula is C16H14ClNOS. The van der Waals surface area contributed by atoms with Crippen molar-refractivity contribution in [2.24, 2.45) is 0 Å². The Kier molecular flexibility index (Phi) is 3.74. The highest BCUT2D eigenvalue weighted by molar-refractivity contribution is 7.16. The first-order valence-electron chi connectivity index (χ1n) is 6.41. The van der Waals surface area contributed by atoms with Gasteiger partial charge in [0.15, 0.2) is 0 Å². The predicted octanol–water partition coefficient (Wildman–Crippen LogP) is 4.53. The fourth-order valence-electron chi connectivity index (χ4n) is 2.22. The van der Waals surface area contributed by atoms with Crippen LogP contribution in [0.15, 0.2) is 42.5 Å². The highest BCUT2D eigenvalue weighted by Crippen LogP contribution is 2.27. The molecule has 2 heterocycles. The summed E-state index contributed by atoms with van der Waals surface area (Å²) in [6.07, 6.45) is 0.0674. The summed E-state index contributed by atoms with van der Waals surface area (Å²) in [6, 6.07) is 13.7. The largest absolute Gasteiger partial charge is 0.388 e. The molecule has 4 heteroatoms. The number of thiophene rings is 1. The molecule has 0 aliphatic heterocycles. The van der Waals surface area contributed by atoms with Gasteiger partial charge in [-0.2, -0.15) is 0 Å². The maximum Gasteiger partial charge on any atom is 0.0931 e. The van der Waals surface area contributed by atoms with Crippen molar-refractivity contribution in [1.29, 1.82) is 0 Å². The van der Waals surface area contributed by atoms with Crippen molar-refractivity contribution < 1.29 is 5.11 Å². The molecule has 2 aromatic heterocycles. The molecule has 0 bridgehead atoms. The Hall–Kier alpha value is -1.42. The van der Waals surface area contributed by atoms with Gasteiger partial charge in [-0.15, -0.1) is 11.3 Å². The summed E-state index contributed by atoms with van der Waals surface area (Å²) in [5.41, 5.74) is 2.87. The Morgan fingerprint density at radius 2 is 2.05 bits per heavy atom. The van der Waals surface area contributed by atoms with Crippen LogP contribution in [0.3, 0.4) is 0 Å². The van der Waals surface area contributed by atoms with Gasteiger partial charge >= 0.3 is 0 Å². The van der Waals surface area contributed by atoms with Crippen LogP contribution in [0, 0.1) is 6.92 Å². The molecular weight excluding hydrogens is 290 g/mol. The Balaban J connectivity index is 1.87. The molecule has 0 spiro atoms. The Labute approximate surface area is 126 Å². The summed E-state index contributed by atoms with van der Waals surface area (Å²) in [4.78, 5) is 5.55. The normalized spacial score (nSPS) is 12.8. The van der Waals surface area contributed by atoms with Crippen LogP contribution in [0.2, 0.25) is 4.34 Å². The first-order valence-corrected chi connectivity index (χ1v) is 7.61. The van der Waals surface area contributed by atoms with Crippen LogP contribution in [-0.2, 0) is 6.42 Å². The Morgan fingerprint density at radius 1 is 1.20 bits per heavy atom. The third-order valence-electron chi connectivity index (χ3n) is 3.26. The van der Waals surface area contributed by atoms with Gasteiger partial charge in [0.05, 0.1) is 16.0 Å². The standard InChI is InChI=1S/C16H14ClNOS/c1-10-2-3-11-8-12(4-6-14(11)18-10)15(19)9-13-5-7-16(17)20-13/h2-8,15,19H,9H2,1H3. The maximum absolute atomic E-state index is 10.3. The number of aromatic nitrogens is 1. The minimum Gasteiger partial charge on any atom is -0.388 e. The van der Waals surface area contributed by atoms with Crippen LogP contribution in [0.4, 0.5) is 0 Å². The average molecular weight is 304 g/mol. The van der Waals surface area contributed by atoms with Crippen molar-refractivity contribution in [1.82, 2.24) is 4.98 Å². The SMILES string of the molecule is Cc1ccc2cc(C(O)Cc3ccc(Cl)s3)ccc2n1. The number of aryl methyl sites for hydroxylation is 1. The van der Waals surface area contributed by atoms with Crippen molar-refractivity contribution in [2.45, 2.75) is 19.4 Å². The lowest BCUT2D eigenvalue weighted by atomic mass is 10.0. The van der Waals surface area contributed by atoms with E-state index in [0.29, 0.717) is 6.42 Å². The van der Waals surface area contributed by atoms with E-state index in [1.54, 1.807) is 0 Å². The second-order valence-corrected chi connectivity index (χ2v) is 6.63. The van der Waals surface area contributed by atoms with Crippen LogP contribution in [-0.4, -0.2) is 10.1 Å². The van der Waals surface area contributed by atoms with E-state index < -0.39 is 6.10 Å². The Bertz CT molecular complexity index is 753. The fourth-order valence-corrected chi connectivity index (χ4v) is 3.35. The van der Waals surface area contributed by atoms with Crippen LogP contribution >= 0.6 is 22.9 Å². The van der Waals surface area contributed by atoms with E-state index in [2.05, 4.69) is 4.98 Å². The topological polar surface area (TPSA) is 33.1 Å². The van der Waals surface area contributed by atoms with Crippen molar-refractivity contribution in [3.63, 3.8) is 0 Å². The lowest BCUT2D eigenvalue weighted by Gasteiger charge is -2.11. The van der Waals surface area contributed by atoms with Crippen LogP contribution < -0.4 is 0 Å². The van der Waals surface area contributed by atoms with E-state index in [0.717, 1.165) is 31.4 Å². The van der Waals surface area contributed by atoms with Gasteiger partial charge in [0.2, 0.25) is 0 Å². The molecule has 0 amide bonds. The highest BCUT2D eigenvalue weighted by Gasteiger charge is 2.11. The number of aliphatic hydroxyl groups excluding tert-OH is 1. The summed E-state index contributed by atoms with van der Waals surface area (Å²) < 4.78 is 0.755. The van der Waals surface area contributed by atoms with E-state index in [4.69, 9.17) is 11.6 Å². The summed E-state index contributed by atoms with van der Waals surface area (Å²) in [6.45, 7) is 1.97. The number of nitrogens with zero attached hydrogens (tertiary/aromatic N) is 1. The lowest BCUT2D eigenvalue weighted by molar-refractivity contribution is 0.179. The predicted molar refractivity (Wildman–Crippen MR) is 84.5 cm³/mol. The third-order valence-corrected chi connectivity index (χ3v) is 4.51. The van der Waals surface area contributed by atoms with E-state index >= 15 is 0 Å². The maximum atomic E-state index is 10.3. The zero-order valence-corrected chi connectivity index (χ0v) is 12.6. The molecule has 20 heavy (non-hydrogen) atoms. The second kappa shape index (κ2) is 5.52. The molecule has 102 valence electrons. The molecule has 1 aromatic carbocycles. The first kappa shape index (κ1) is 13.6. The van der Waals surface area contributed by atoms with Crippen LogP contribution in [0.25, 0.3) is 10.9 Å². The van der Waals surface area contributed by atoms with Crippen LogP contribution in [0.1, 0.15) is 22.2 Å². The Morgan fingerprint density at radius 3 is 2.80 bits per heavy atom. The number of benzene rings is 1. The van der Waals surface area contributed by atoms with Crippen molar-refractivity contribution in [3.05, 3.63) is 62.9 Å². The molecule has 0 saturated carbocycles. The molecule has 1 N–H and O–H groups in total. The van der Waals surface area contributed by atoms with Crippen molar-refractivity contribution in [2.75, 3.05) is 0 Å². The average Bonchev–Trinajstić information content (AvgIpc) is 2.83. The second-order valence-electron chi connectivity index (χ2n) is 4.83. The van der Waals surface area contributed by atoms with Gasteiger partial charge in [0, 0.05) is 22.4 Å². The molecule has 0 fully saturated rings. The molecule has 0 aliphatic rings. The number of halogens is 1. The number of aliphatic hydroxyl groups is 1. The summed E-state index contributed by atoms with van der Waals surface area (Å²) in [7, 11) is 0. The van der Waals surface area contributed by atoms with Crippen LogP contribution in [0.5, 0.6) is 0 Å². The van der Waals surface area contributed by atoms with E-state index in [-0.39, 0.29) is 0 Å². The van der Waals surface area contributed by atoms with Gasteiger partial charge in [-0.1, -0.05) is 23.7 Å². The number of rotatable bonds is 3. The molecule has 3 rings (SSSR count). The van der Waals surface area contributed by atoms with Gasteiger partial charge in [-0.3, -0.25) is 4.98 Å². The molecule has 0 radical (unpaired) electrons. The fraction of sp³-hybridized carbons (Fsp3) is 0.188. The first-order chi connectivity index (χ1) is 9.61. The van der Waals surface area contributed by atoms with Gasteiger partial charge in [0.25, 0.3) is 0 Å². The minimum atomic E-state index is -0.518. The van der Waals surface area contributed by atoms with Gasteiger partial charge < -0.3 is 5.11 Å². The smallest absolute Gasteiger partial charge is 0.0931 e.